The number of hydrogen-bond acceptors (Lipinski definition) is 2. The van der Waals surface area contributed by atoms with E-state index in [1.165, 1.54) is 0 Å². The summed E-state index contributed by atoms with van der Waals surface area (Å²) in [5, 5.41) is 20.7. The molecule has 0 amide bonds. The van der Waals surface area contributed by atoms with Crippen molar-refractivity contribution in [2.24, 2.45) is 11.3 Å². The summed E-state index contributed by atoms with van der Waals surface area (Å²) in [6, 6.07) is 7.78. The predicted octanol–water partition coefficient (Wildman–Crippen LogP) is 4.86. The van der Waals surface area contributed by atoms with Crippen molar-refractivity contribution >= 4 is 27.5 Å². The molecule has 4 heteroatoms. The molecule has 19 heavy (non-hydrogen) atoms. The van der Waals surface area contributed by atoms with Crippen LogP contribution in [0.3, 0.4) is 0 Å². The monoisotopic (exact) mass is 341 g/mol. The van der Waals surface area contributed by atoms with Crippen molar-refractivity contribution in [1.29, 1.82) is 5.26 Å². The molecule has 0 bridgehead atoms. The van der Waals surface area contributed by atoms with E-state index >= 15 is 0 Å². The Kier molecular flexibility index (Phi) is 4.55. The van der Waals surface area contributed by atoms with Crippen molar-refractivity contribution in [2.75, 3.05) is 0 Å². The van der Waals surface area contributed by atoms with Crippen LogP contribution in [-0.4, -0.2) is 5.11 Å². The molecular formula is C15H17BrClNO. The van der Waals surface area contributed by atoms with Gasteiger partial charge in [0.1, 0.15) is 0 Å². The number of hydrogen-bond donors (Lipinski definition) is 1. The van der Waals surface area contributed by atoms with Crippen LogP contribution in [0.2, 0.25) is 5.02 Å². The van der Waals surface area contributed by atoms with E-state index in [9.17, 15) is 10.4 Å². The SMILES string of the molecule is CC1CCCC(C#N)(C(O)c2ccc(Br)cc2Cl)C1. The van der Waals surface area contributed by atoms with Crippen molar-refractivity contribution in [3.05, 3.63) is 33.3 Å². The number of nitriles is 1. The molecule has 0 saturated heterocycles. The van der Waals surface area contributed by atoms with Gasteiger partial charge in [-0.05, 0) is 30.9 Å². The van der Waals surface area contributed by atoms with E-state index in [-0.39, 0.29) is 0 Å². The fourth-order valence-corrected chi connectivity index (χ4v) is 3.80. The first-order valence-corrected chi connectivity index (χ1v) is 7.70. The lowest BCUT2D eigenvalue weighted by Crippen LogP contribution is -2.33. The molecule has 0 aromatic heterocycles. The zero-order valence-electron chi connectivity index (χ0n) is 10.9. The second kappa shape index (κ2) is 5.83. The molecule has 1 aliphatic carbocycles. The second-order valence-corrected chi connectivity index (χ2v) is 6.86. The summed E-state index contributed by atoms with van der Waals surface area (Å²) in [6.07, 6.45) is 2.77. The van der Waals surface area contributed by atoms with Gasteiger partial charge in [-0.1, -0.05) is 53.4 Å². The highest BCUT2D eigenvalue weighted by Crippen LogP contribution is 2.48. The third-order valence-electron chi connectivity index (χ3n) is 4.04. The predicted molar refractivity (Wildman–Crippen MR) is 79.8 cm³/mol. The summed E-state index contributed by atoms with van der Waals surface area (Å²) in [4.78, 5) is 0. The molecule has 0 aliphatic heterocycles. The van der Waals surface area contributed by atoms with E-state index in [0.29, 0.717) is 16.5 Å². The van der Waals surface area contributed by atoms with Crippen LogP contribution < -0.4 is 0 Å². The molecule has 2 rings (SSSR count). The van der Waals surface area contributed by atoms with Gasteiger partial charge in [0.05, 0.1) is 17.6 Å². The minimum Gasteiger partial charge on any atom is -0.387 e. The van der Waals surface area contributed by atoms with Gasteiger partial charge in [0, 0.05) is 15.1 Å². The van der Waals surface area contributed by atoms with E-state index in [0.717, 1.165) is 30.2 Å². The number of halogens is 2. The first-order chi connectivity index (χ1) is 8.98. The van der Waals surface area contributed by atoms with Gasteiger partial charge in [-0.25, -0.2) is 0 Å². The Morgan fingerprint density at radius 3 is 2.89 bits per heavy atom. The highest BCUT2D eigenvalue weighted by molar-refractivity contribution is 9.10. The molecular weight excluding hydrogens is 326 g/mol. The number of nitrogens with zero attached hydrogens (tertiary/aromatic N) is 1. The minimum absolute atomic E-state index is 0.470. The van der Waals surface area contributed by atoms with Gasteiger partial charge in [-0.2, -0.15) is 5.26 Å². The van der Waals surface area contributed by atoms with Crippen molar-refractivity contribution in [2.45, 2.75) is 38.7 Å². The lowest BCUT2D eigenvalue weighted by atomic mass is 9.66. The fraction of sp³-hybridized carbons (Fsp3) is 0.533. The third-order valence-corrected chi connectivity index (χ3v) is 4.86. The normalized spacial score (nSPS) is 28.7. The van der Waals surface area contributed by atoms with Gasteiger partial charge >= 0.3 is 0 Å². The van der Waals surface area contributed by atoms with Crippen LogP contribution in [0, 0.1) is 22.7 Å². The van der Waals surface area contributed by atoms with Gasteiger partial charge in [-0.15, -0.1) is 0 Å². The lowest BCUT2D eigenvalue weighted by molar-refractivity contribution is 0.0220. The Morgan fingerprint density at radius 1 is 1.58 bits per heavy atom. The Morgan fingerprint density at radius 2 is 2.32 bits per heavy atom. The number of aliphatic hydroxyl groups is 1. The van der Waals surface area contributed by atoms with Crippen LogP contribution in [0.25, 0.3) is 0 Å². The zero-order chi connectivity index (χ0) is 14.0. The Bertz CT molecular complexity index is 513. The Labute approximate surface area is 127 Å². The number of rotatable bonds is 2. The van der Waals surface area contributed by atoms with Crippen LogP contribution in [-0.2, 0) is 0 Å². The largest absolute Gasteiger partial charge is 0.387 e. The van der Waals surface area contributed by atoms with Crippen LogP contribution in [0.15, 0.2) is 22.7 Å². The van der Waals surface area contributed by atoms with Crippen LogP contribution in [0.1, 0.15) is 44.3 Å². The average Bonchev–Trinajstić information content (AvgIpc) is 2.38. The standard InChI is InChI=1S/C15H17BrClNO/c1-10-3-2-6-15(8-10,9-18)14(19)12-5-4-11(16)7-13(12)17/h4-5,7,10,14,19H,2-3,6,8H2,1H3. The maximum Gasteiger partial charge on any atom is 0.0990 e. The molecule has 1 N–H and O–H groups in total. The summed E-state index contributed by atoms with van der Waals surface area (Å²) >= 11 is 9.55. The van der Waals surface area contributed by atoms with Crippen molar-refractivity contribution in [3.63, 3.8) is 0 Å². The van der Waals surface area contributed by atoms with Crippen LogP contribution >= 0.6 is 27.5 Å². The molecule has 0 heterocycles. The van der Waals surface area contributed by atoms with E-state index in [2.05, 4.69) is 28.9 Å². The quantitative estimate of drug-likeness (QED) is 0.834. The van der Waals surface area contributed by atoms with Gasteiger partial charge in [0.25, 0.3) is 0 Å². The molecule has 1 saturated carbocycles. The molecule has 3 atom stereocenters. The van der Waals surface area contributed by atoms with Crippen molar-refractivity contribution in [3.8, 4) is 6.07 Å². The molecule has 0 spiro atoms. The van der Waals surface area contributed by atoms with E-state index in [1.54, 1.807) is 12.1 Å². The molecule has 102 valence electrons. The molecule has 1 aromatic rings. The highest BCUT2D eigenvalue weighted by Gasteiger charge is 2.42. The first kappa shape index (κ1) is 14.8. The minimum atomic E-state index is -0.819. The van der Waals surface area contributed by atoms with Crippen molar-refractivity contribution < 1.29 is 5.11 Å². The van der Waals surface area contributed by atoms with E-state index < -0.39 is 11.5 Å². The zero-order valence-corrected chi connectivity index (χ0v) is 13.2. The summed E-state index contributed by atoms with van der Waals surface area (Å²) in [7, 11) is 0. The van der Waals surface area contributed by atoms with Gasteiger partial charge < -0.3 is 5.11 Å². The Hall–Kier alpha value is -0.560. The van der Waals surface area contributed by atoms with Crippen LogP contribution in [0.5, 0.6) is 0 Å². The average molecular weight is 343 g/mol. The number of aliphatic hydroxyl groups excluding tert-OH is 1. The maximum absolute atomic E-state index is 10.7. The van der Waals surface area contributed by atoms with Gasteiger partial charge in [-0.3, -0.25) is 0 Å². The van der Waals surface area contributed by atoms with Gasteiger partial charge in [0.15, 0.2) is 0 Å². The van der Waals surface area contributed by atoms with E-state index in [1.807, 2.05) is 6.07 Å². The fourth-order valence-electron chi connectivity index (χ4n) is 3.02. The Balaban J connectivity index is 2.35. The maximum atomic E-state index is 10.7. The molecule has 1 fully saturated rings. The lowest BCUT2D eigenvalue weighted by Gasteiger charge is -2.38. The first-order valence-electron chi connectivity index (χ1n) is 6.53. The van der Waals surface area contributed by atoms with Crippen molar-refractivity contribution in [1.82, 2.24) is 0 Å². The molecule has 0 radical (unpaired) electrons. The molecule has 2 nitrogen and oxygen atoms in total. The molecule has 1 aromatic carbocycles. The van der Waals surface area contributed by atoms with Crippen LogP contribution in [0.4, 0.5) is 0 Å². The van der Waals surface area contributed by atoms with Gasteiger partial charge in [0.2, 0.25) is 0 Å². The third kappa shape index (κ3) is 2.97. The summed E-state index contributed by atoms with van der Waals surface area (Å²) in [6.45, 7) is 2.14. The summed E-state index contributed by atoms with van der Waals surface area (Å²) in [5.74, 6) is 0.470. The number of benzene rings is 1. The smallest absolute Gasteiger partial charge is 0.0990 e. The second-order valence-electron chi connectivity index (χ2n) is 5.54. The van der Waals surface area contributed by atoms with E-state index in [4.69, 9.17) is 11.6 Å². The molecule has 1 aliphatic rings. The highest BCUT2D eigenvalue weighted by atomic mass is 79.9. The molecule has 3 unspecified atom stereocenters. The summed E-state index contributed by atoms with van der Waals surface area (Å²) in [5.41, 5.74) is -0.0460. The topological polar surface area (TPSA) is 44.0 Å². The summed E-state index contributed by atoms with van der Waals surface area (Å²) < 4.78 is 0.872.